The lowest BCUT2D eigenvalue weighted by Crippen LogP contribution is -2.25. The summed E-state index contributed by atoms with van der Waals surface area (Å²) in [6, 6.07) is 1.79. The Bertz CT molecular complexity index is 574. The molecule has 0 aliphatic heterocycles. The fourth-order valence-corrected chi connectivity index (χ4v) is 1.98. The topological polar surface area (TPSA) is 69.4 Å². The first kappa shape index (κ1) is 10.2. The molecule has 88 valence electrons. The van der Waals surface area contributed by atoms with Crippen LogP contribution in [0, 0.1) is 0 Å². The number of fused-ring (bicyclic) bond motifs is 1. The maximum atomic E-state index is 11.9. The van der Waals surface area contributed by atoms with Crippen molar-refractivity contribution < 1.29 is 9.53 Å². The molecule has 6 heteroatoms. The van der Waals surface area contributed by atoms with Gasteiger partial charge < -0.3 is 4.74 Å². The van der Waals surface area contributed by atoms with Crippen molar-refractivity contribution >= 4 is 11.7 Å². The number of aromatic nitrogens is 4. The number of esters is 1. The first-order valence-corrected chi connectivity index (χ1v) is 5.61. The van der Waals surface area contributed by atoms with E-state index in [1.165, 1.54) is 0 Å². The smallest absolute Gasteiger partial charge is 0.319 e. The molecular formula is C11H12N4O2. The largest absolute Gasteiger partial charge is 0.465 e. The van der Waals surface area contributed by atoms with Crippen LogP contribution in [0.5, 0.6) is 0 Å². The van der Waals surface area contributed by atoms with Gasteiger partial charge in [0.05, 0.1) is 6.61 Å². The summed E-state index contributed by atoms with van der Waals surface area (Å²) in [6.45, 7) is 2.19. The Labute approximate surface area is 97.6 Å². The van der Waals surface area contributed by atoms with E-state index in [0.717, 1.165) is 12.8 Å². The van der Waals surface area contributed by atoms with Gasteiger partial charge in [-0.1, -0.05) is 0 Å². The molecule has 0 radical (unpaired) electrons. The molecule has 0 atom stereocenters. The summed E-state index contributed by atoms with van der Waals surface area (Å²) in [7, 11) is 0. The van der Waals surface area contributed by atoms with Crippen LogP contribution in [-0.2, 0) is 14.9 Å². The van der Waals surface area contributed by atoms with Crippen LogP contribution in [0.15, 0.2) is 18.5 Å². The third kappa shape index (κ3) is 1.40. The molecule has 2 aromatic heterocycles. The van der Waals surface area contributed by atoms with E-state index in [1.807, 2.05) is 6.20 Å². The summed E-state index contributed by atoms with van der Waals surface area (Å²) in [5, 5.41) is 8.04. The van der Waals surface area contributed by atoms with Gasteiger partial charge in [0, 0.05) is 12.4 Å². The molecule has 17 heavy (non-hydrogen) atoms. The Morgan fingerprint density at radius 3 is 3.06 bits per heavy atom. The van der Waals surface area contributed by atoms with Crippen LogP contribution in [0.1, 0.15) is 25.6 Å². The van der Waals surface area contributed by atoms with Crippen molar-refractivity contribution in [2.75, 3.05) is 6.61 Å². The maximum absolute atomic E-state index is 11.9. The predicted molar refractivity (Wildman–Crippen MR) is 58.3 cm³/mol. The van der Waals surface area contributed by atoms with Crippen molar-refractivity contribution in [2.45, 2.75) is 25.2 Å². The first-order valence-electron chi connectivity index (χ1n) is 5.61. The first-order chi connectivity index (χ1) is 8.28. The molecule has 0 bridgehead atoms. The average Bonchev–Trinajstić information content (AvgIpc) is 3.04. The molecule has 2 aromatic rings. The summed E-state index contributed by atoms with van der Waals surface area (Å²) in [5.41, 5.74) is -0.599. The SMILES string of the molecule is CCOC(=O)C1(c2nnc3ncccn23)CC1. The Balaban J connectivity index is 2.07. The van der Waals surface area contributed by atoms with Gasteiger partial charge in [0.2, 0.25) is 0 Å². The van der Waals surface area contributed by atoms with Crippen molar-refractivity contribution in [2.24, 2.45) is 0 Å². The molecule has 2 heterocycles. The molecule has 0 spiro atoms. The van der Waals surface area contributed by atoms with E-state index >= 15 is 0 Å². The predicted octanol–water partition coefficient (Wildman–Crippen LogP) is 0.719. The van der Waals surface area contributed by atoms with Gasteiger partial charge in [-0.05, 0) is 25.8 Å². The third-order valence-electron chi connectivity index (χ3n) is 3.03. The van der Waals surface area contributed by atoms with E-state index < -0.39 is 5.41 Å². The number of ether oxygens (including phenoxy) is 1. The lowest BCUT2D eigenvalue weighted by Gasteiger charge is -2.11. The lowest BCUT2D eigenvalue weighted by atomic mass is 10.1. The van der Waals surface area contributed by atoms with Gasteiger partial charge in [-0.25, -0.2) is 4.98 Å². The molecule has 1 aliphatic rings. The quantitative estimate of drug-likeness (QED) is 0.729. The zero-order chi connectivity index (χ0) is 11.9. The molecule has 6 nitrogen and oxygen atoms in total. The molecule has 1 aliphatic carbocycles. The van der Waals surface area contributed by atoms with Gasteiger partial charge >= 0.3 is 5.97 Å². The van der Waals surface area contributed by atoms with E-state index in [1.54, 1.807) is 23.6 Å². The van der Waals surface area contributed by atoms with Gasteiger partial charge in [0.1, 0.15) is 5.41 Å². The number of rotatable bonds is 3. The van der Waals surface area contributed by atoms with Crippen LogP contribution >= 0.6 is 0 Å². The van der Waals surface area contributed by atoms with E-state index in [-0.39, 0.29) is 5.97 Å². The minimum Gasteiger partial charge on any atom is -0.465 e. The highest BCUT2D eigenvalue weighted by atomic mass is 16.5. The highest BCUT2D eigenvalue weighted by molar-refractivity contribution is 5.85. The number of carbonyl (C=O) groups excluding carboxylic acids is 1. The number of hydrogen-bond acceptors (Lipinski definition) is 5. The van der Waals surface area contributed by atoms with Crippen LogP contribution < -0.4 is 0 Å². The summed E-state index contributed by atoms with van der Waals surface area (Å²) in [5.74, 6) is 0.940. The van der Waals surface area contributed by atoms with Crippen LogP contribution in [0.4, 0.5) is 0 Å². The second-order valence-corrected chi connectivity index (χ2v) is 4.12. The molecule has 1 saturated carbocycles. The molecule has 1 fully saturated rings. The zero-order valence-electron chi connectivity index (χ0n) is 9.46. The van der Waals surface area contributed by atoms with Crippen LogP contribution in [0.3, 0.4) is 0 Å². The van der Waals surface area contributed by atoms with Crippen LogP contribution in [-0.4, -0.2) is 32.2 Å². The van der Waals surface area contributed by atoms with Gasteiger partial charge in [-0.15, -0.1) is 10.2 Å². The van der Waals surface area contributed by atoms with Crippen molar-refractivity contribution in [1.82, 2.24) is 19.6 Å². The fourth-order valence-electron chi connectivity index (χ4n) is 1.98. The molecule has 3 rings (SSSR count). The Morgan fingerprint density at radius 1 is 1.53 bits per heavy atom. The van der Waals surface area contributed by atoms with E-state index in [0.29, 0.717) is 18.2 Å². The molecule has 0 amide bonds. The Morgan fingerprint density at radius 2 is 2.35 bits per heavy atom. The Kier molecular flexibility index (Phi) is 2.10. The maximum Gasteiger partial charge on any atom is 0.319 e. The zero-order valence-corrected chi connectivity index (χ0v) is 9.46. The second-order valence-electron chi connectivity index (χ2n) is 4.12. The normalized spacial score (nSPS) is 17.0. The monoisotopic (exact) mass is 232 g/mol. The third-order valence-corrected chi connectivity index (χ3v) is 3.03. The summed E-state index contributed by atoms with van der Waals surface area (Å²) >= 11 is 0. The molecule has 0 saturated heterocycles. The van der Waals surface area contributed by atoms with E-state index in [4.69, 9.17) is 4.74 Å². The fraction of sp³-hybridized carbons (Fsp3) is 0.455. The van der Waals surface area contributed by atoms with Gasteiger partial charge in [0.25, 0.3) is 5.78 Å². The minimum atomic E-state index is -0.599. The van der Waals surface area contributed by atoms with Crippen molar-refractivity contribution in [1.29, 1.82) is 0 Å². The van der Waals surface area contributed by atoms with Crippen molar-refractivity contribution in [3.63, 3.8) is 0 Å². The summed E-state index contributed by atoms with van der Waals surface area (Å²) in [6.07, 6.45) is 5.00. The van der Waals surface area contributed by atoms with Crippen molar-refractivity contribution in [3.05, 3.63) is 24.3 Å². The molecular weight excluding hydrogens is 220 g/mol. The number of nitrogens with zero attached hydrogens (tertiary/aromatic N) is 4. The molecule has 0 aromatic carbocycles. The number of hydrogen-bond donors (Lipinski definition) is 0. The van der Waals surface area contributed by atoms with Crippen molar-refractivity contribution in [3.8, 4) is 0 Å². The standard InChI is InChI=1S/C11H12N4O2/c1-2-17-9(16)11(4-5-11)8-13-14-10-12-6-3-7-15(8)10/h3,6-7H,2,4-5H2,1H3. The molecule has 0 unspecified atom stereocenters. The lowest BCUT2D eigenvalue weighted by molar-refractivity contribution is -0.146. The second kappa shape index (κ2) is 3.51. The van der Waals surface area contributed by atoms with E-state index in [2.05, 4.69) is 15.2 Å². The van der Waals surface area contributed by atoms with Gasteiger partial charge in [-0.2, -0.15) is 0 Å². The summed E-state index contributed by atoms with van der Waals surface area (Å²) in [4.78, 5) is 16.0. The van der Waals surface area contributed by atoms with Crippen LogP contribution in [0.25, 0.3) is 5.78 Å². The highest BCUT2D eigenvalue weighted by Gasteiger charge is 2.56. The Hall–Kier alpha value is -1.98. The van der Waals surface area contributed by atoms with Gasteiger partial charge in [-0.3, -0.25) is 9.20 Å². The highest BCUT2D eigenvalue weighted by Crippen LogP contribution is 2.48. The average molecular weight is 232 g/mol. The van der Waals surface area contributed by atoms with Crippen LogP contribution in [0.2, 0.25) is 0 Å². The minimum absolute atomic E-state index is 0.210. The van der Waals surface area contributed by atoms with E-state index in [9.17, 15) is 4.79 Å². The number of carbonyl (C=O) groups is 1. The molecule has 0 N–H and O–H groups in total. The summed E-state index contributed by atoms with van der Waals surface area (Å²) < 4.78 is 6.86. The van der Waals surface area contributed by atoms with Gasteiger partial charge in [0.15, 0.2) is 5.82 Å².